The molecule has 1 aliphatic heterocycles. The third-order valence-electron chi connectivity index (χ3n) is 4.96. The van der Waals surface area contributed by atoms with Crippen molar-refractivity contribution in [2.45, 2.75) is 63.0 Å². The molecule has 1 N–H and O–H groups in total. The van der Waals surface area contributed by atoms with Crippen molar-refractivity contribution in [2.24, 2.45) is 0 Å². The zero-order chi connectivity index (χ0) is 22.7. The largest absolute Gasteiger partial charge is 0.387 e. The number of aliphatic hydroxyl groups is 1. The van der Waals surface area contributed by atoms with Crippen molar-refractivity contribution in [3.05, 3.63) is 61.2 Å². The minimum atomic E-state index is -1.27. The van der Waals surface area contributed by atoms with E-state index in [-0.39, 0.29) is 13.2 Å². The monoisotopic (exact) mass is 450 g/mol. The van der Waals surface area contributed by atoms with Crippen LogP contribution in [0.15, 0.2) is 55.6 Å². The second kappa shape index (κ2) is 13.3. The van der Waals surface area contributed by atoms with Gasteiger partial charge in [0.2, 0.25) is 0 Å². The predicted octanol–water partition coefficient (Wildman–Crippen LogP) is 3.79. The zero-order valence-corrected chi connectivity index (χ0v) is 20.1. The highest BCUT2D eigenvalue weighted by Crippen LogP contribution is 2.28. The Morgan fingerprint density at radius 1 is 1.00 bits per heavy atom. The van der Waals surface area contributed by atoms with Crippen LogP contribution in [0.1, 0.15) is 5.56 Å². The van der Waals surface area contributed by atoms with Crippen LogP contribution in [-0.4, -0.2) is 70.3 Å². The average Bonchev–Trinajstić information content (AvgIpc) is 2.73. The van der Waals surface area contributed by atoms with Crippen LogP contribution in [0, 0.1) is 0 Å². The lowest BCUT2D eigenvalue weighted by atomic mass is 9.98. The molecule has 2 rings (SSSR count). The molecular formula is C24H38O6Si. The molecular weight excluding hydrogens is 412 g/mol. The van der Waals surface area contributed by atoms with Gasteiger partial charge in [0.25, 0.3) is 0 Å². The van der Waals surface area contributed by atoms with Gasteiger partial charge in [0, 0.05) is 14.7 Å². The standard InChI is InChI=1S/C24H38O6Si/c1-6-13-27-22-21(25)20(18-26-17-19-11-9-8-10-12-19)30-24(23(22)28-14-7-2)29-15-16-31(3,4)5/h6-12,20-25H,1-2,13-18H2,3-5H3/t20-,21-,22+,23-,24-/m1/s1. The summed E-state index contributed by atoms with van der Waals surface area (Å²) in [5.74, 6) is 0. The van der Waals surface area contributed by atoms with Crippen molar-refractivity contribution in [2.75, 3.05) is 26.4 Å². The van der Waals surface area contributed by atoms with Crippen LogP contribution >= 0.6 is 0 Å². The Kier molecular flexibility index (Phi) is 11.1. The van der Waals surface area contributed by atoms with Gasteiger partial charge in [0.15, 0.2) is 6.29 Å². The summed E-state index contributed by atoms with van der Waals surface area (Å²) in [6, 6.07) is 10.9. The molecule has 0 aromatic heterocycles. The highest BCUT2D eigenvalue weighted by Gasteiger charge is 2.47. The van der Waals surface area contributed by atoms with Crippen molar-refractivity contribution in [3.8, 4) is 0 Å². The molecule has 7 heteroatoms. The number of hydrogen-bond acceptors (Lipinski definition) is 6. The molecule has 1 aromatic rings. The van der Waals surface area contributed by atoms with Gasteiger partial charge in [-0.05, 0) is 11.6 Å². The molecule has 0 bridgehead atoms. The second-order valence-corrected chi connectivity index (χ2v) is 14.5. The maximum atomic E-state index is 11.0. The topological polar surface area (TPSA) is 66.4 Å². The van der Waals surface area contributed by atoms with Crippen LogP contribution in [-0.2, 0) is 30.3 Å². The molecule has 0 amide bonds. The van der Waals surface area contributed by atoms with Crippen molar-refractivity contribution < 1.29 is 28.8 Å². The van der Waals surface area contributed by atoms with E-state index in [1.807, 2.05) is 30.3 Å². The highest BCUT2D eigenvalue weighted by atomic mass is 28.3. The Morgan fingerprint density at radius 3 is 2.26 bits per heavy atom. The van der Waals surface area contributed by atoms with Gasteiger partial charge in [-0.3, -0.25) is 0 Å². The summed E-state index contributed by atoms with van der Waals surface area (Å²) in [4.78, 5) is 0. The molecule has 0 saturated carbocycles. The summed E-state index contributed by atoms with van der Waals surface area (Å²) >= 11 is 0. The Balaban J connectivity index is 2.07. The molecule has 0 radical (unpaired) electrons. The third kappa shape index (κ3) is 8.98. The van der Waals surface area contributed by atoms with E-state index in [1.165, 1.54) is 0 Å². The Hall–Kier alpha value is -1.32. The Bertz CT molecular complexity index is 647. The smallest absolute Gasteiger partial charge is 0.186 e. The van der Waals surface area contributed by atoms with E-state index in [1.54, 1.807) is 12.2 Å². The van der Waals surface area contributed by atoms with Gasteiger partial charge in [-0.2, -0.15) is 0 Å². The first-order chi connectivity index (χ1) is 14.9. The van der Waals surface area contributed by atoms with E-state index in [0.29, 0.717) is 19.8 Å². The maximum absolute atomic E-state index is 11.0. The number of hydrogen-bond donors (Lipinski definition) is 1. The Labute approximate surface area is 187 Å². The molecule has 1 aliphatic rings. The van der Waals surface area contributed by atoms with Crippen LogP contribution in [0.2, 0.25) is 25.7 Å². The van der Waals surface area contributed by atoms with Gasteiger partial charge in [-0.25, -0.2) is 0 Å². The number of rotatable bonds is 14. The van der Waals surface area contributed by atoms with Crippen molar-refractivity contribution in [3.63, 3.8) is 0 Å². The molecule has 0 spiro atoms. The van der Waals surface area contributed by atoms with Crippen molar-refractivity contribution >= 4 is 8.07 Å². The zero-order valence-electron chi connectivity index (χ0n) is 19.1. The van der Waals surface area contributed by atoms with Gasteiger partial charge in [0.05, 0.1) is 26.4 Å². The first kappa shape index (κ1) is 25.9. The lowest BCUT2D eigenvalue weighted by Crippen LogP contribution is -2.61. The van der Waals surface area contributed by atoms with Crippen LogP contribution in [0.5, 0.6) is 0 Å². The minimum absolute atomic E-state index is 0.214. The number of benzene rings is 1. The normalized spacial score (nSPS) is 26.5. The molecule has 0 unspecified atom stereocenters. The summed E-state index contributed by atoms with van der Waals surface area (Å²) in [5.41, 5.74) is 1.06. The second-order valence-electron chi connectivity index (χ2n) is 8.89. The summed E-state index contributed by atoms with van der Waals surface area (Å²) in [6.07, 6.45) is -0.102. The summed E-state index contributed by atoms with van der Waals surface area (Å²) < 4.78 is 29.9. The van der Waals surface area contributed by atoms with E-state index in [4.69, 9.17) is 23.7 Å². The first-order valence-corrected chi connectivity index (χ1v) is 14.6. The SMILES string of the molecule is C=CCO[C@H]1[C@H](OCC[Si](C)(C)C)O[C@H](COCc2ccccc2)[C@@H](O)[C@@H]1OCC=C. The van der Waals surface area contributed by atoms with Crippen LogP contribution < -0.4 is 0 Å². The number of aliphatic hydroxyl groups excluding tert-OH is 1. The number of ether oxygens (including phenoxy) is 5. The highest BCUT2D eigenvalue weighted by molar-refractivity contribution is 6.76. The fourth-order valence-corrected chi connectivity index (χ4v) is 3.97. The van der Waals surface area contributed by atoms with Crippen molar-refractivity contribution in [1.29, 1.82) is 0 Å². The summed E-state index contributed by atoms with van der Waals surface area (Å²) in [6.45, 7) is 16.1. The molecule has 174 valence electrons. The minimum Gasteiger partial charge on any atom is -0.387 e. The van der Waals surface area contributed by atoms with E-state index in [2.05, 4.69) is 32.8 Å². The molecule has 5 atom stereocenters. The summed E-state index contributed by atoms with van der Waals surface area (Å²) in [7, 11) is -1.27. The molecule has 1 aromatic carbocycles. The first-order valence-electron chi connectivity index (χ1n) is 10.9. The molecule has 0 aliphatic carbocycles. The van der Waals surface area contributed by atoms with Gasteiger partial charge < -0.3 is 28.8 Å². The summed E-state index contributed by atoms with van der Waals surface area (Å²) in [5, 5.41) is 11.0. The molecule has 1 fully saturated rings. The van der Waals surface area contributed by atoms with Gasteiger partial charge in [0.1, 0.15) is 24.4 Å². The third-order valence-corrected chi connectivity index (χ3v) is 6.66. The fraction of sp³-hybridized carbons (Fsp3) is 0.583. The van der Waals surface area contributed by atoms with Crippen LogP contribution in [0.25, 0.3) is 0 Å². The van der Waals surface area contributed by atoms with E-state index in [0.717, 1.165) is 11.6 Å². The molecule has 1 heterocycles. The maximum Gasteiger partial charge on any atom is 0.186 e. The van der Waals surface area contributed by atoms with Crippen LogP contribution in [0.4, 0.5) is 0 Å². The van der Waals surface area contributed by atoms with E-state index < -0.39 is 38.8 Å². The van der Waals surface area contributed by atoms with Gasteiger partial charge in [-0.15, -0.1) is 13.2 Å². The lowest BCUT2D eigenvalue weighted by Gasteiger charge is -2.44. The fourth-order valence-electron chi connectivity index (χ4n) is 3.24. The molecule has 1 saturated heterocycles. The van der Waals surface area contributed by atoms with Crippen molar-refractivity contribution in [1.82, 2.24) is 0 Å². The van der Waals surface area contributed by atoms with Gasteiger partial charge in [-0.1, -0.05) is 62.1 Å². The molecule has 31 heavy (non-hydrogen) atoms. The average molecular weight is 451 g/mol. The quantitative estimate of drug-likeness (QED) is 0.344. The van der Waals surface area contributed by atoms with E-state index >= 15 is 0 Å². The van der Waals surface area contributed by atoms with E-state index in [9.17, 15) is 5.11 Å². The van der Waals surface area contributed by atoms with Crippen LogP contribution in [0.3, 0.4) is 0 Å². The lowest BCUT2D eigenvalue weighted by molar-refractivity contribution is -0.314. The predicted molar refractivity (Wildman–Crippen MR) is 125 cm³/mol. The Morgan fingerprint density at radius 2 is 1.65 bits per heavy atom. The molecule has 6 nitrogen and oxygen atoms in total. The van der Waals surface area contributed by atoms with Gasteiger partial charge >= 0.3 is 0 Å².